The Bertz CT molecular complexity index is 841. The van der Waals surface area contributed by atoms with E-state index in [1.807, 2.05) is 24.3 Å². The fourth-order valence-corrected chi connectivity index (χ4v) is 3.29. The number of aliphatic imine (C=N–C) groups is 1. The number of carbonyl (C=O) groups excluding carboxylic acids is 1. The lowest BCUT2D eigenvalue weighted by molar-refractivity contribution is 0.0827. The Balaban J connectivity index is 2.04. The lowest BCUT2D eigenvalue weighted by atomic mass is 10.0. The Morgan fingerprint density at radius 1 is 0.903 bits per heavy atom. The van der Waals surface area contributed by atoms with Crippen molar-refractivity contribution in [3.05, 3.63) is 70.8 Å². The second-order valence-corrected chi connectivity index (χ2v) is 8.05. The zero-order valence-electron chi connectivity index (χ0n) is 19.8. The third kappa shape index (κ3) is 7.40. The molecule has 31 heavy (non-hydrogen) atoms. The largest absolute Gasteiger partial charge is 0.357 e. The maximum absolute atomic E-state index is 12.0. The molecule has 0 fully saturated rings. The summed E-state index contributed by atoms with van der Waals surface area (Å²) in [6.45, 7) is 6.32. The molecule has 2 aromatic carbocycles. The summed E-state index contributed by atoms with van der Waals surface area (Å²) in [5, 5.41) is 6.80. The molecule has 1 amide bonds. The quantitative estimate of drug-likeness (QED) is 0.480. The molecule has 6 heteroatoms. The second-order valence-electron chi connectivity index (χ2n) is 8.05. The summed E-state index contributed by atoms with van der Waals surface area (Å²) < 4.78 is 0. The van der Waals surface area contributed by atoms with E-state index in [-0.39, 0.29) is 11.9 Å². The van der Waals surface area contributed by atoms with Crippen molar-refractivity contribution in [1.82, 2.24) is 20.4 Å². The van der Waals surface area contributed by atoms with Crippen molar-refractivity contribution >= 4 is 11.9 Å². The van der Waals surface area contributed by atoms with Gasteiger partial charge in [-0.2, -0.15) is 0 Å². The molecular formula is C25H37N5O. The molecule has 1 atom stereocenters. The number of hydrogen-bond acceptors (Lipinski definition) is 3. The van der Waals surface area contributed by atoms with Gasteiger partial charge in [0.05, 0.1) is 12.6 Å². The van der Waals surface area contributed by atoms with Crippen LogP contribution in [-0.2, 0) is 13.0 Å². The van der Waals surface area contributed by atoms with Crippen molar-refractivity contribution < 1.29 is 4.79 Å². The molecule has 2 N–H and O–H groups in total. The van der Waals surface area contributed by atoms with E-state index in [1.165, 1.54) is 11.1 Å². The minimum atomic E-state index is 0.00625. The number of carbonyl (C=O) groups is 1. The summed E-state index contributed by atoms with van der Waals surface area (Å²) >= 11 is 0. The van der Waals surface area contributed by atoms with E-state index in [9.17, 15) is 4.79 Å². The number of hydrogen-bond donors (Lipinski definition) is 2. The van der Waals surface area contributed by atoms with Crippen LogP contribution in [0.1, 0.15) is 46.9 Å². The van der Waals surface area contributed by atoms with Gasteiger partial charge in [0.1, 0.15) is 0 Å². The number of guanidine groups is 1. The second kappa shape index (κ2) is 12.1. The topological polar surface area (TPSA) is 60.0 Å². The number of likely N-dealkylation sites (N-methyl/N-ethyl adjacent to an activating group) is 1. The number of nitrogens with one attached hydrogen (secondary N) is 2. The van der Waals surface area contributed by atoms with Crippen LogP contribution in [0.4, 0.5) is 0 Å². The van der Waals surface area contributed by atoms with Crippen LogP contribution in [0.3, 0.4) is 0 Å². The average molecular weight is 424 g/mol. The molecule has 2 rings (SSSR count). The highest BCUT2D eigenvalue weighted by atomic mass is 16.2. The molecule has 2 aromatic rings. The summed E-state index contributed by atoms with van der Waals surface area (Å²) in [4.78, 5) is 20.6. The van der Waals surface area contributed by atoms with E-state index in [0.29, 0.717) is 12.1 Å². The van der Waals surface area contributed by atoms with Gasteiger partial charge in [0.2, 0.25) is 0 Å². The van der Waals surface area contributed by atoms with Crippen LogP contribution in [0.25, 0.3) is 0 Å². The lowest BCUT2D eigenvalue weighted by Crippen LogP contribution is -2.41. The third-order valence-electron chi connectivity index (χ3n) is 5.23. The van der Waals surface area contributed by atoms with Gasteiger partial charge in [-0.25, -0.2) is 4.99 Å². The number of aryl methyl sites for hydroxylation is 1. The zero-order valence-corrected chi connectivity index (χ0v) is 19.8. The normalized spacial score (nSPS) is 12.5. The first-order chi connectivity index (χ1) is 14.8. The molecule has 0 spiro atoms. The molecule has 0 saturated carbocycles. The van der Waals surface area contributed by atoms with Crippen LogP contribution in [0, 0.1) is 0 Å². The Labute approximate surface area is 187 Å². The Morgan fingerprint density at radius 3 is 2.03 bits per heavy atom. The summed E-state index contributed by atoms with van der Waals surface area (Å²) in [6, 6.07) is 16.7. The molecule has 0 bridgehead atoms. The van der Waals surface area contributed by atoms with E-state index in [1.54, 1.807) is 19.0 Å². The first-order valence-corrected chi connectivity index (χ1v) is 10.9. The molecule has 0 radical (unpaired) electrons. The molecule has 0 saturated heterocycles. The van der Waals surface area contributed by atoms with Crippen LogP contribution in [-0.4, -0.2) is 62.9 Å². The van der Waals surface area contributed by atoms with Crippen LogP contribution in [0.15, 0.2) is 53.5 Å². The van der Waals surface area contributed by atoms with Gasteiger partial charge in [0, 0.05) is 32.7 Å². The molecule has 168 valence electrons. The molecule has 0 heterocycles. The minimum Gasteiger partial charge on any atom is -0.357 e. The van der Waals surface area contributed by atoms with Gasteiger partial charge in [-0.1, -0.05) is 43.3 Å². The van der Waals surface area contributed by atoms with E-state index < -0.39 is 0 Å². The van der Waals surface area contributed by atoms with Crippen LogP contribution < -0.4 is 10.6 Å². The molecule has 6 nitrogen and oxygen atoms in total. The SMILES string of the molecule is CCNC(=NCc1ccc(C(=O)N(C)C)cc1)NCC(c1ccc(CC)cc1)N(C)C. The monoisotopic (exact) mass is 423 g/mol. The molecule has 1 unspecified atom stereocenters. The summed E-state index contributed by atoms with van der Waals surface area (Å²) in [5.74, 6) is 0.791. The zero-order chi connectivity index (χ0) is 22.8. The minimum absolute atomic E-state index is 0.00625. The van der Waals surface area contributed by atoms with Gasteiger partial charge in [-0.3, -0.25) is 4.79 Å². The smallest absolute Gasteiger partial charge is 0.253 e. The van der Waals surface area contributed by atoms with E-state index in [2.05, 4.69) is 67.7 Å². The number of nitrogens with zero attached hydrogens (tertiary/aromatic N) is 3. The Hall–Kier alpha value is -2.86. The van der Waals surface area contributed by atoms with Gasteiger partial charge in [0.15, 0.2) is 5.96 Å². The van der Waals surface area contributed by atoms with Gasteiger partial charge >= 0.3 is 0 Å². The van der Waals surface area contributed by atoms with Crippen molar-refractivity contribution in [3.63, 3.8) is 0 Å². The Morgan fingerprint density at radius 2 is 1.52 bits per heavy atom. The fourth-order valence-electron chi connectivity index (χ4n) is 3.29. The van der Waals surface area contributed by atoms with E-state index in [4.69, 9.17) is 4.99 Å². The van der Waals surface area contributed by atoms with E-state index >= 15 is 0 Å². The molecule has 0 aliphatic heterocycles. The van der Waals surface area contributed by atoms with E-state index in [0.717, 1.165) is 31.0 Å². The molecule has 0 aliphatic carbocycles. The van der Waals surface area contributed by atoms with Gasteiger partial charge < -0.3 is 20.4 Å². The number of rotatable bonds is 9. The van der Waals surface area contributed by atoms with Crippen LogP contribution in [0.2, 0.25) is 0 Å². The van der Waals surface area contributed by atoms with Crippen LogP contribution >= 0.6 is 0 Å². The average Bonchev–Trinajstić information content (AvgIpc) is 2.77. The molecular weight excluding hydrogens is 386 g/mol. The van der Waals surface area contributed by atoms with Gasteiger partial charge in [0.25, 0.3) is 5.91 Å². The number of benzene rings is 2. The van der Waals surface area contributed by atoms with Crippen molar-refractivity contribution in [1.29, 1.82) is 0 Å². The van der Waals surface area contributed by atoms with Crippen molar-refractivity contribution in [2.75, 3.05) is 41.3 Å². The number of amides is 1. The van der Waals surface area contributed by atoms with Crippen molar-refractivity contribution in [2.45, 2.75) is 32.9 Å². The van der Waals surface area contributed by atoms with Gasteiger partial charge in [-0.15, -0.1) is 0 Å². The fraction of sp³-hybridized carbons (Fsp3) is 0.440. The predicted molar refractivity (Wildman–Crippen MR) is 130 cm³/mol. The molecule has 0 aliphatic rings. The van der Waals surface area contributed by atoms with Crippen molar-refractivity contribution in [2.24, 2.45) is 4.99 Å². The highest BCUT2D eigenvalue weighted by Crippen LogP contribution is 2.18. The van der Waals surface area contributed by atoms with Crippen molar-refractivity contribution in [3.8, 4) is 0 Å². The first-order valence-electron chi connectivity index (χ1n) is 10.9. The first kappa shape index (κ1) is 24.4. The standard InChI is InChI=1S/C25H37N5O/c1-7-19-9-13-21(14-10-19)23(29(3)4)18-28-25(26-8-2)27-17-20-11-15-22(16-12-20)24(31)30(5)6/h9-16,23H,7-8,17-18H2,1-6H3,(H2,26,27,28). The van der Waals surface area contributed by atoms with Crippen LogP contribution in [0.5, 0.6) is 0 Å². The highest BCUT2D eigenvalue weighted by Gasteiger charge is 2.15. The third-order valence-corrected chi connectivity index (χ3v) is 5.23. The Kier molecular flexibility index (Phi) is 9.53. The van der Waals surface area contributed by atoms with Gasteiger partial charge in [-0.05, 0) is 56.3 Å². The molecule has 0 aromatic heterocycles. The highest BCUT2D eigenvalue weighted by molar-refractivity contribution is 5.93. The lowest BCUT2D eigenvalue weighted by Gasteiger charge is -2.26. The maximum Gasteiger partial charge on any atom is 0.253 e. The maximum atomic E-state index is 12.0. The summed E-state index contributed by atoms with van der Waals surface area (Å²) in [6.07, 6.45) is 1.05. The summed E-state index contributed by atoms with van der Waals surface area (Å²) in [7, 11) is 7.71. The predicted octanol–water partition coefficient (Wildman–Crippen LogP) is 3.31. The summed E-state index contributed by atoms with van der Waals surface area (Å²) in [5.41, 5.74) is 4.38.